The van der Waals surface area contributed by atoms with Crippen LogP contribution in [0.2, 0.25) is 0 Å². The zero-order valence-corrected chi connectivity index (χ0v) is 13.8. The van der Waals surface area contributed by atoms with E-state index in [4.69, 9.17) is 0 Å². The summed E-state index contributed by atoms with van der Waals surface area (Å²) in [6, 6.07) is 0. The highest BCUT2D eigenvalue weighted by Gasteiger charge is 2.24. The molecule has 2 aliphatic rings. The smallest absolute Gasteiger partial charge is 0.000966 e. The van der Waals surface area contributed by atoms with E-state index in [1.807, 2.05) is 0 Å². The molecule has 0 N–H and O–H groups in total. The second kappa shape index (κ2) is 8.02. The second-order valence-electron chi connectivity index (χ2n) is 6.79. The normalized spacial score (nSPS) is 25.1. The standard InChI is InChI=1S/C19H33N/c1-4-16(3)19(5-2)18-11-13-20(14-12-18)15-17-9-7-6-8-10-17/h4-5,17-18H,6-15H2,1-3H3/b16-4+,19-5+. The number of rotatable bonds is 4. The van der Waals surface area contributed by atoms with Gasteiger partial charge in [-0.3, -0.25) is 0 Å². The van der Waals surface area contributed by atoms with Gasteiger partial charge in [0, 0.05) is 6.54 Å². The van der Waals surface area contributed by atoms with E-state index in [-0.39, 0.29) is 0 Å². The number of hydrogen-bond acceptors (Lipinski definition) is 1. The van der Waals surface area contributed by atoms with Crippen LogP contribution in [-0.2, 0) is 0 Å². The van der Waals surface area contributed by atoms with Crippen LogP contribution in [-0.4, -0.2) is 24.5 Å². The van der Waals surface area contributed by atoms with Gasteiger partial charge in [0.1, 0.15) is 0 Å². The molecule has 0 radical (unpaired) electrons. The quantitative estimate of drug-likeness (QED) is 0.638. The second-order valence-corrected chi connectivity index (χ2v) is 6.79. The molecular formula is C19H33N. The lowest BCUT2D eigenvalue weighted by Gasteiger charge is -2.36. The number of piperidine rings is 1. The van der Waals surface area contributed by atoms with E-state index >= 15 is 0 Å². The highest BCUT2D eigenvalue weighted by molar-refractivity contribution is 5.30. The molecule has 1 heterocycles. The Kier molecular flexibility index (Phi) is 6.35. The molecule has 0 amide bonds. The summed E-state index contributed by atoms with van der Waals surface area (Å²) in [6.45, 7) is 10.6. The molecule has 1 saturated heterocycles. The number of hydrogen-bond donors (Lipinski definition) is 0. The third-order valence-corrected chi connectivity index (χ3v) is 5.47. The number of nitrogens with zero attached hydrogens (tertiary/aromatic N) is 1. The van der Waals surface area contributed by atoms with Crippen LogP contribution in [0.1, 0.15) is 65.7 Å². The van der Waals surface area contributed by atoms with Crippen LogP contribution >= 0.6 is 0 Å². The largest absolute Gasteiger partial charge is 0.303 e. The van der Waals surface area contributed by atoms with Crippen molar-refractivity contribution in [2.24, 2.45) is 11.8 Å². The molecule has 1 aliphatic heterocycles. The van der Waals surface area contributed by atoms with Gasteiger partial charge in [-0.25, -0.2) is 0 Å². The average Bonchev–Trinajstić information content (AvgIpc) is 2.50. The summed E-state index contributed by atoms with van der Waals surface area (Å²) in [6.07, 6.45) is 14.7. The van der Waals surface area contributed by atoms with Gasteiger partial charge < -0.3 is 4.90 Å². The average molecular weight is 275 g/mol. The van der Waals surface area contributed by atoms with Crippen LogP contribution in [0.4, 0.5) is 0 Å². The van der Waals surface area contributed by atoms with Gasteiger partial charge in [0.25, 0.3) is 0 Å². The van der Waals surface area contributed by atoms with Crippen molar-refractivity contribution in [3.05, 3.63) is 23.3 Å². The Hall–Kier alpha value is -0.560. The van der Waals surface area contributed by atoms with Crippen molar-refractivity contribution < 1.29 is 0 Å². The van der Waals surface area contributed by atoms with Gasteiger partial charge in [0.2, 0.25) is 0 Å². The van der Waals surface area contributed by atoms with Crippen LogP contribution < -0.4 is 0 Å². The molecule has 1 heteroatoms. The zero-order valence-electron chi connectivity index (χ0n) is 13.8. The summed E-state index contributed by atoms with van der Waals surface area (Å²) >= 11 is 0. The summed E-state index contributed by atoms with van der Waals surface area (Å²) in [4.78, 5) is 2.74. The van der Waals surface area contributed by atoms with Crippen molar-refractivity contribution in [3.8, 4) is 0 Å². The highest BCUT2D eigenvalue weighted by Crippen LogP contribution is 2.31. The first-order chi connectivity index (χ1) is 9.74. The summed E-state index contributed by atoms with van der Waals surface area (Å²) in [5.74, 6) is 1.80. The van der Waals surface area contributed by atoms with Crippen molar-refractivity contribution in [1.29, 1.82) is 0 Å². The van der Waals surface area contributed by atoms with Gasteiger partial charge in [0.15, 0.2) is 0 Å². The first-order valence-electron chi connectivity index (χ1n) is 8.76. The lowest BCUT2D eigenvalue weighted by atomic mass is 9.84. The minimum Gasteiger partial charge on any atom is -0.303 e. The Morgan fingerprint density at radius 1 is 0.950 bits per heavy atom. The molecule has 0 unspecified atom stereocenters. The molecule has 2 fully saturated rings. The molecule has 2 rings (SSSR count). The molecule has 1 saturated carbocycles. The molecule has 1 nitrogen and oxygen atoms in total. The minimum absolute atomic E-state index is 0.804. The fraction of sp³-hybridized carbons (Fsp3) is 0.789. The fourth-order valence-corrected chi connectivity index (χ4v) is 4.11. The molecule has 0 spiro atoms. The number of likely N-dealkylation sites (tertiary alicyclic amines) is 1. The third kappa shape index (κ3) is 4.22. The van der Waals surface area contributed by atoms with Crippen molar-refractivity contribution in [1.82, 2.24) is 4.90 Å². The lowest BCUT2D eigenvalue weighted by molar-refractivity contribution is 0.155. The number of allylic oxidation sites excluding steroid dienone is 4. The Morgan fingerprint density at radius 3 is 2.15 bits per heavy atom. The minimum atomic E-state index is 0.804. The van der Waals surface area contributed by atoms with E-state index in [2.05, 4.69) is 37.8 Å². The Balaban J connectivity index is 1.79. The molecule has 0 atom stereocenters. The molecule has 0 aromatic heterocycles. The molecule has 0 bridgehead atoms. The molecular weight excluding hydrogens is 242 g/mol. The topological polar surface area (TPSA) is 3.24 Å². The summed E-state index contributed by atoms with van der Waals surface area (Å²) < 4.78 is 0. The molecule has 114 valence electrons. The molecule has 0 aromatic rings. The van der Waals surface area contributed by atoms with Crippen LogP contribution in [0.25, 0.3) is 0 Å². The van der Waals surface area contributed by atoms with Crippen molar-refractivity contribution in [2.75, 3.05) is 19.6 Å². The van der Waals surface area contributed by atoms with Crippen molar-refractivity contribution in [2.45, 2.75) is 65.7 Å². The highest BCUT2D eigenvalue weighted by atomic mass is 15.1. The van der Waals surface area contributed by atoms with Gasteiger partial charge in [-0.05, 0) is 77.0 Å². The maximum Gasteiger partial charge on any atom is 0.000966 e. The van der Waals surface area contributed by atoms with E-state index in [1.54, 1.807) is 5.57 Å². The Labute approximate surface area is 126 Å². The van der Waals surface area contributed by atoms with Gasteiger partial charge in [0.05, 0.1) is 0 Å². The summed E-state index contributed by atoms with van der Waals surface area (Å²) in [5, 5.41) is 0. The van der Waals surface area contributed by atoms with E-state index < -0.39 is 0 Å². The molecule has 1 aliphatic carbocycles. The molecule has 0 aromatic carbocycles. The zero-order chi connectivity index (χ0) is 14.4. The van der Waals surface area contributed by atoms with Crippen LogP contribution in [0.5, 0.6) is 0 Å². The maximum atomic E-state index is 2.74. The van der Waals surface area contributed by atoms with Gasteiger partial charge in [-0.15, -0.1) is 0 Å². The van der Waals surface area contributed by atoms with Crippen LogP contribution in [0, 0.1) is 11.8 Å². The maximum absolute atomic E-state index is 2.74. The van der Waals surface area contributed by atoms with Crippen LogP contribution in [0.15, 0.2) is 23.3 Å². The predicted molar refractivity (Wildman–Crippen MR) is 88.9 cm³/mol. The van der Waals surface area contributed by atoms with E-state index in [9.17, 15) is 0 Å². The lowest BCUT2D eigenvalue weighted by Crippen LogP contribution is -2.38. The first-order valence-corrected chi connectivity index (χ1v) is 8.76. The third-order valence-electron chi connectivity index (χ3n) is 5.47. The van der Waals surface area contributed by atoms with Crippen LogP contribution in [0.3, 0.4) is 0 Å². The molecule has 20 heavy (non-hydrogen) atoms. The van der Waals surface area contributed by atoms with Crippen molar-refractivity contribution in [3.63, 3.8) is 0 Å². The van der Waals surface area contributed by atoms with E-state index in [0.717, 1.165) is 11.8 Å². The monoisotopic (exact) mass is 275 g/mol. The Morgan fingerprint density at radius 2 is 1.60 bits per heavy atom. The summed E-state index contributed by atoms with van der Waals surface area (Å²) in [5.41, 5.74) is 3.09. The Bertz CT molecular complexity index is 339. The fourth-order valence-electron chi connectivity index (χ4n) is 4.11. The van der Waals surface area contributed by atoms with E-state index in [0.29, 0.717) is 0 Å². The van der Waals surface area contributed by atoms with E-state index in [1.165, 1.54) is 70.2 Å². The SMILES string of the molecule is C/C=C(\C(C)=C\C)C1CCN(CC2CCCCC2)CC1. The van der Waals surface area contributed by atoms with Crippen molar-refractivity contribution >= 4 is 0 Å². The van der Waals surface area contributed by atoms with Gasteiger partial charge in [-0.2, -0.15) is 0 Å². The predicted octanol–water partition coefficient (Wildman–Crippen LogP) is 5.19. The summed E-state index contributed by atoms with van der Waals surface area (Å²) in [7, 11) is 0. The first kappa shape index (κ1) is 15.8. The van der Waals surface area contributed by atoms with Gasteiger partial charge >= 0.3 is 0 Å². The van der Waals surface area contributed by atoms with Gasteiger partial charge in [-0.1, -0.05) is 37.0 Å².